The van der Waals surface area contributed by atoms with E-state index in [0.717, 1.165) is 10.7 Å². The largest absolute Gasteiger partial charge is 0.481 e. The van der Waals surface area contributed by atoms with Gasteiger partial charge >= 0.3 is 12.0 Å². The summed E-state index contributed by atoms with van der Waals surface area (Å²) in [6, 6.07) is 3.47. The Hall–Kier alpha value is -2.35. The van der Waals surface area contributed by atoms with Gasteiger partial charge in [-0.2, -0.15) is 0 Å². The second kappa shape index (κ2) is 6.82. The Balaban J connectivity index is 1.49. The summed E-state index contributed by atoms with van der Waals surface area (Å²) < 4.78 is 5.29. The van der Waals surface area contributed by atoms with Gasteiger partial charge in [0.15, 0.2) is 10.8 Å². The van der Waals surface area contributed by atoms with Crippen LogP contribution in [-0.2, 0) is 11.3 Å². The van der Waals surface area contributed by atoms with E-state index in [2.05, 4.69) is 10.3 Å². The third-order valence-corrected chi connectivity index (χ3v) is 4.74. The normalized spacial score (nSPS) is 15.6. The molecule has 1 aliphatic heterocycles. The predicted octanol–water partition coefficient (Wildman–Crippen LogP) is 2.41. The molecule has 2 aromatic heterocycles. The average Bonchev–Trinajstić information content (AvgIpc) is 3.23. The first-order valence-corrected chi connectivity index (χ1v) is 8.25. The highest BCUT2D eigenvalue weighted by Gasteiger charge is 2.26. The summed E-state index contributed by atoms with van der Waals surface area (Å²) in [4.78, 5) is 29.1. The van der Waals surface area contributed by atoms with Crippen molar-refractivity contribution in [1.29, 1.82) is 0 Å². The van der Waals surface area contributed by atoms with E-state index in [9.17, 15) is 9.59 Å². The quantitative estimate of drug-likeness (QED) is 0.894. The molecule has 2 amide bonds. The van der Waals surface area contributed by atoms with Crippen LogP contribution >= 0.6 is 11.3 Å². The number of carboxylic acids is 1. The van der Waals surface area contributed by atoms with Crippen LogP contribution in [0.2, 0.25) is 0 Å². The number of nitrogens with zero attached hydrogens (tertiary/aromatic N) is 2. The standard InChI is InChI=1S/C15H17N3O4S/c19-14(20)10-3-5-18(6-4-10)15(21)16-8-11-9-23-13(17-11)12-2-1-7-22-12/h1-2,7,9-10H,3-6,8H2,(H,16,21)(H,19,20). The van der Waals surface area contributed by atoms with Crippen molar-refractivity contribution in [2.45, 2.75) is 19.4 Å². The summed E-state index contributed by atoms with van der Waals surface area (Å²) in [6.07, 6.45) is 2.60. The van der Waals surface area contributed by atoms with Crippen LogP contribution < -0.4 is 5.32 Å². The first-order valence-electron chi connectivity index (χ1n) is 7.37. The minimum absolute atomic E-state index is 0.179. The molecular formula is C15H17N3O4S. The molecule has 0 unspecified atom stereocenters. The van der Waals surface area contributed by atoms with Crippen molar-refractivity contribution in [3.05, 3.63) is 29.5 Å². The Morgan fingerprint density at radius 1 is 1.43 bits per heavy atom. The minimum Gasteiger partial charge on any atom is -0.481 e. The number of nitrogens with one attached hydrogen (secondary N) is 1. The number of piperidine rings is 1. The molecule has 0 bridgehead atoms. The number of rotatable bonds is 4. The Labute approximate surface area is 136 Å². The average molecular weight is 335 g/mol. The second-order valence-electron chi connectivity index (χ2n) is 5.38. The molecule has 1 aliphatic rings. The van der Waals surface area contributed by atoms with E-state index in [1.807, 2.05) is 11.4 Å². The molecule has 0 atom stereocenters. The minimum atomic E-state index is -0.780. The summed E-state index contributed by atoms with van der Waals surface area (Å²) in [5.41, 5.74) is 0.773. The smallest absolute Gasteiger partial charge is 0.317 e. The van der Waals surface area contributed by atoms with Crippen LogP contribution in [0.5, 0.6) is 0 Å². The van der Waals surface area contributed by atoms with E-state index in [-0.39, 0.29) is 11.9 Å². The molecule has 7 nitrogen and oxygen atoms in total. The molecule has 0 saturated carbocycles. The topological polar surface area (TPSA) is 95.7 Å². The number of carbonyl (C=O) groups is 2. The summed E-state index contributed by atoms with van der Waals surface area (Å²) in [7, 11) is 0. The zero-order valence-electron chi connectivity index (χ0n) is 12.4. The van der Waals surface area contributed by atoms with Gasteiger partial charge in [0.1, 0.15) is 0 Å². The number of carbonyl (C=O) groups excluding carboxylic acids is 1. The number of likely N-dealkylation sites (tertiary alicyclic amines) is 1. The Bertz CT molecular complexity index is 675. The van der Waals surface area contributed by atoms with Crippen LogP contribution in [0.4, 0.5) is 4.79 Å². The van der Waals surface area contributed by atoms with Gasteiger partial charge in [-0.3, -0.25) is 4.79 Å². The van der Waals surface area contributed by atoms with E-state index >= 15 is 0 Å². The van der Waals surface area contributed by atoms with E-state index in [1.54, 1.807) is 17.2 Å². The van der Waals surface area contributed by atoms with Crippen LogP contribution in [-0.4, -0.2) is 40.1 Å². The molecule has 0 aliphatic carbocycles. The zero-order chi connectivity index (χ0) is 16.2. The lowest BCUT2D eigenvalue weighted by Gasteiger charge is -2.30. The van der Waals surface area contributed by atoms with Crippen LogP contribution in [0.1, 0.15) is 18.5 Å². The van der Waals surface area contributed by atoms with Crippen molar-refractivity contribution < 1.29 is 19.1 Å². The fourth-order valence-corrected chi connectivity index (χ4v) is 3.30. The van der Waals surface area contributed by atoms with Gasteiger partial charge in [0.2, 0.25) is 0 Å². The van der Waals surface area contributed by atoms with Gasteiger partial charge < -0.3 is 19.7 Å². The SMILES string of the molecule is O=C(O)C1CCN(C(=O)NCc2csc(-c3ccco3)n2)CC1. The number of aliphatic carboxylic acids is 1. The van der Waals surface area contributed by atoms with Gasteiger partial charge in [0.05, 0.1) is 24.4 Å². The number of amides is 2. The molecule has 8 heteroatoms. The number of aromatic nitrogens is 1. The third-order valence-electron chi connectivity index (χ3n) is 3.84. The lowest BCUT2D eigenvalue weighted by molar-refractivity contribution is -0.143. The molecule has 1 saturated heterocycles. The Morgan fingerprint density at radius 3 is 2.87 bits per heavy atom. The van der Waals surface area contributed by atoms with Crippen LogP contribution in [0.15, 0.2) is 28.2 Å². The van der Waals surface area contributed by atoms with Gasteiger partial charge in [-0.25, -0.2) is 9.78 Å². The molecule has 2 N–H and O–H groups in total. The number of carboxylic acid groups (broad SMARTS) is 1. The lowest BCUT2D eigenvalue weighted by atomic mass is 9.97. The van der Waals surface area contributed by atoms with E-state index < -0.39 is 5.97 Å². The lowest BCUT2D eigenvalue weighted by Crippen LogP contribution is -2.45. The molecule has 3 rings (SSSR count). The van der Waals surface area contributed by atoms with Gasteiger partial charge in [-0.05, 0) is 25.0 Å². The molecule has 2 aromatic rings. The number of hydrogen-bond donors (Lipinski definition) is 2. The molecule has 3 heterocycles. The highest BCUT2D eigenvalue weighted by atomic mass is 32.1. The van der Waals surface area contributed by atoms with Gasteiger partial charge in [0, 0.05) is 18.5 Å². The van der Waals surface area contributed by atoms with Crippen molar-refractivity contribution in [2.24, 2.45) is 5.92 Å². The first kappa shape index (κ1) is 15.5. The van der Waals surface area contributed by atoms with Crippen molar-refractivity contribution in [3.63, 3.8) is 0 Å². The fourth-order valence-electron chi connectivity index (χ4n) is 2.51. The summed E-state index contributed by atoms with van der Waals surface area (Å²) >= 11 is 1.46. The van der Waals surface area contributed by atoms with Gasteiger partial charge in [0.25, 0.3) is 0 Å². The zero-order valence-corrected chi connectivity index (χ0v) is 13.2. The predicted molar refractivity (Wildman–Crippen MR) is 84.0 cm³/mol. The number of hydrogen-bond acceptors (Lipinski definition) is 5. The van der Waals surface area contributed by atoms with Crippen molar-refractivity contribution in [3.8, 4) is 10.8 Å². The molecular weight excluding hydrogens is 318 g/mol. The van der Waals surface area contributed by atoms with Crippen molar-refractivity contribution in [2.75, 3.05) is 13.1 Å². The summed E-state index contributed by atoms with van der Waals surface area (Å²) in [5.74, 6) is -0.408. The molecule has 23 heavy (non-hydrogen) atoms. The monoisotopic (exact) mass is 335 g/mol. The summed E-state index contributed by atoms with van der Waals surface area (Å²) in [5, 5.41) is 14.4. The van der Waals surface area contributed by atoms with Crippen LogP contribution in [0, 0.1) is 5.92 Å². The van der Waals surface area contributed by atoms with E-state index in [1.165, 1.54) is 11.3 Å². The maximum Gasteiger partial charge on any atom is 0.317 e. The molecule has 122 valence electrons. The maximum absolute atomic E-state index is 12.1. The first-order chi connectivity index (χ1) is 11.1. The number of urea groups is 1. The highest BCUT2D eigenvalue weighted by molar-refractivity contribution is 7.13. The third kappa shape index (κ3) is 3.70. The number of thiazole rings is 1. The van der Waals surface area contributed by atoms with Crippen molar-refractivity contribution >= 4 is 23.3 Å². The highest BCUT2D eigenvalue weighted by Crippen LogP contribution is 2.24. The molecule has 0 radical (unpaired) electrons. The van der Waals surface area contributed by atoms with Gasteiger partial charge in [-0.1, -0.05) is 0 Å². The Morgan fingerprint density at radius 2 is 2.22 bits per heavy atom. The number of furan rings is 1. The van der Waals surface area contributed by atoms with Gasteiger partial charge in [-0.15, -0.1) is 11.3 Å². The van der Waals surface area contributed by atoms with E-state index in [4.69, 9.17) is 9.52 Å². The van der Waals surface area contributed by atoms with Crippen molar-refractivity contribution in [1.82, 2.24) is 15.2 Å². The molecule has 1 fully saturated rings. The maximum atomic E-state index is 12.1. The molecule has 0 spiro atoms. The van der Waals surface area contributed by atoms with E-state index in [0.29, 0.717) is 38.2 Å². The summed E-state index contributed by atoms with van der Waals surface area (Å²) in [6.45, 7) is 1.28. The van der Waals surface area contributed by atoms with Crippen LogP contribution in [0.25, 0.3) is 10.8 Å². The molecule has 0 aromatic carbocycles. The fraction of sp³-hybridized carbons (Fsp3) is 0.400. The van der Waals surface area contributed by atoms with Crippen LogP contribution in [0.3, 0.4) is 0 Å². The second-order valence-corrected chi connectivity index (χ2v) is 6.24. The Kier molecular flexibility index (Phi) is 4.61.